The van der Waals surface area contributed by atoms with Crippen molar-refractivity contribution >= 4 is 60.2 Å². The largest absolute Gasteiger partial charge is 0.309 e. The van der Waals surface area contributed by atoms with E-state index in [0.29, 0.717) is 16.7 Å². The molecule has 3 aromatic heterocycles. The standard InChI is InChI=1S/C52H31N5/c1-53-43-32-44-52(56-51(36-16-6-3-7-17-36)50(55-44)35-14-4-2-5-15-35)48-47(43)41-20-8-11-21-42(41)54-49(48)37-26-24-33(25-27-37)34-28-30-38(31-29-34)57-45-22-12-9-18-39(45)40-19-10-13-23-46(40)57/h2-32H. The second-order valence-electron chi connectivity index (χ2n) is 14.2. The van der Waals surface area contributed by atoms with Crippen LogP contribution in [0.4, 0.5) is 5.69 Å². The van der Waals surface area contributed by atoms with E-state index in [2.05, 4.69) is 131 Å². The van der Waals surface area contributed by atoms with Gasteiger partial charge in [0.25, 0.3) is 0 Å². The molecule has 0 N–H and O–H groups in total. The Bertz CT molecular complexity index is 3330. The van der Waals surface area contributed by atoms with Crippen LogP contribution in [0.25, 0.3) is 110 Å². The summed E-state index contributed by atoms with van der Waals surface area (Å²) in [6.45, 7) is 8.36. The molecule has 5 nitrogen and oxygen atoms in total. The zero-order valence-corrected chi connectivity index (χ0v) is 30.6. The van der Waals surface area contributed by atoms with Crippen LogP contribution in [0.15, 0.2) is 188 Å². The van der Waals surface area contributed by atoms with Crippen molar-refractivity contribution in [1.29, 1.82) is 0 Å². The van der Waals surface area contributed by atoms with Crippen molar-refractivity contribution in [3.8, 4) is 50.6 Å². The summed E-state index contributed by atoms with van der Waals surface area (Å²) in [4.78, 5) is 20.1. The third kappa shape index (κ3) is 5.27. The molecule has 5 heteroatoms. The maximum atomic E-state index is 8.36. The zero-order valence-electron chi connectivity index (χ0n) is 30.6. The molecule has 11 rings (SSSR count). The number of pyridine rings is 1. The Morgan fingerprint density at radius 1 is 0.386 bits per heavy atom. The van der Waals surface area contributed by atoms with Crippen molar-refractivity contribution in [2.75, 3.05) is 0 Å². The van der Waals surface area contributed by atoms with E-state index < -0.39 is 0 Å². The van der Waals surface area contributed by atoms with Crippen LogP contribution >= 0.6 is 0 Å². The first-order valence-corrected chi connectivity index (χ1v) is 19.0. The van der Waals surface area contributed by atoms with Gasteiger partial charge in [-0.25, -0.2) is 19.8 Å². The highest BCUT2D eigenvalue weighted by Crippen LogP contribution is 2.44. The minimum atomic E-state index is 0.526. The first-order valence-electron chi connectivity index (χ1n) is 19.0. The smallest absolute Gasteiger partial charge is 0.197 e. The molecule has 0 aliphatic rings. The maximum Gasteiger partial charge on any atom is 0.197 e. The molecule has 0 bridgehead atoms. The van der Waals surface area contributed by atoms with Gasteiger partial charge in [-0.3, -0.25) is 0 Å². The lowest BCUT2D eigenvalue weighted by Gasteiger charge is -2.16. The number of fused-ring (bicyclic) bond motifs is 8. The van der Waals surface area contributed by atoms with Crippen molar-refractivity contribution in [2.24, 2.45) is 0 Å². The maximum absolute atomic E-state index is 8.36. The van der Waals surface area contributed by atoms with E-state index in [1.807, 2.05) is 66.7 Å². The summed E-state index contributed by atoms with van der Waals surface area (Å²) in [6, 6.07) is 64.8. The van der Waals surface area contributed by atoms with Crippen LogP contribution in [0.5, 0.6) is 0 Å². The average Bonchev–Trinajstić information content (AvgIpc) is 3.63. The molecule has 0 aliphatic heterocycles. The zero-order chi connectivity index (χ0) is 37.9. The number of para-hydroxylation sites is 3. The number of hydrogen-bond donors (Lipinski definition) is 0. The van der Waals surface area contributed by atoms with Gasteiger partial charge in [-0.15, -0.1) is 0 Å². The highest BCUT2D eigenvalue weighted by Gasteiger charge is 2.22. The molecule has 8 aromatic carbocycles. The summed E-state index contributed by atoms with van der Waals surface area (Å²) in [6.07, 6.45) is 0. The number of benzene rings is 8. The molecule has 3 heterocycles. The first kappa shape index (κ1) is 32.5. The van der Waals surface area contributed by atoms with Gasteiger partial charge in [0.1, 0.15) is 0 Å². The van der Waals surface area contributed by atoms with E-state index in [9.17, 15) is 0 Å². The van der Waals surface area contributed by atoms with Gasteiger partial charge in [0.05, 0.1) is 51.2 Å². The molecule has 264 valence electrons. The first-order chi connectivity index (χ1) is 28.2. The van der Waals surface area contributed by atoms with E-state index in [-0.39, 0.29) is 0 Å². The molecule has 0 fully saturated rings. The highest BCUT2D eigenvalue weighted by molar-refractivity contribution is 6.25. The number of aromatic nitrogens is 4. The molecule has 11 aromatic rings. The molecule has 0 amide bonds. The summed E-state index contributed by atoms with van der Waals surface area (Å²) in [5, 5.41) is 5.07. The monoisotopic (exact) mass is 725 g/mol. The Morgan fingerprint density at radius 2 is 0.860 bits per heavy atom. The van der Waals surface area contributed by atoms with Crippen molar-refractivity contribution < 1.29 is 0 Å². The molecular formula is C52H31N5. The summed E-state index contributed by atoms with van der Waals surface area (Å²) < 4.78 is 2.34. The molecular weight excluding hydrogens is 695 g/mol. The van der Waals surface area contributed by atoms with Crippen LogP contribution in [0.2, 0.25) is 0 Å². The fraction of sp³-hybridized carbons (Fsp3) is 0. The molecule has 0 saturated carbocycles. The quantitative estimate of drug-likeness (QED) is 0.131. The highest BCUT2D eigenvalue weighted by atomic mass is 15.0. The van der Waals surface area contributed by atoms with E-state index in [0.717, 1.165) is 72.3 Å². The van der Waals surface area contributed by atoms with Crippen molar-refractivity contribution in [3.05, 3.63) is 199 Å². The van der Waals surface area contributed by atoms with Crippen LogP contribution < -0.4 is 0 Å². The van der Waals surface area contributed by atoms with Gasteiger partial charge in [-0.05, 0) is 52.9 Å². The fourth-order valence-corrected chi connectivity index (χ4v) is 8.36. The molecule has 0 spiro atoms. The molecule has 0 unspecified atom stereocenters. The van der Waals surface area contributed by atoms with E-state index in [4.69, 9.17) is 21.5 Å². The Morgan fingerprint density at radius 3 is 1.47 bits per heavy atom. The predicted molar refractivity (Wildman–Crippen MR) is 235 cm³/mol. The Balaban J connectivity index is 1.08. The third-order valence-electron chi connectivity index (χ3n) is 11.0. The van der Waals surface area contributed by atoms with Crippen molar-refractivity contribution in [2.45, 2.75) is 0 Å². The van der Waals surface area contributed by atoms with Gasteiger partial charge < -0.3 is 4.57 Å². The van der Waals surface area contributed by atoms with Gasteiger partial charge in [-0.1, -0.05) is 152 Å². The molecule has 0 aliphatic carbocycles. The molecule has 0 atom stereocenters. The van der Waals surface area contributed by atoms with Crippen molar-refractivity contribution in [1.82, 2.24) is 19.5 Å². The van der Waals surface area contributed by atoms with E-state index in [1.165, 1.54) is 21.8 Å². The van der Waals surface area contributed by atoms with Crippen LogP contribution in [0.3, 0.4) is 0 Å². The summed E-state index contributed by atoms with van der Waals surface area (Å²) >= 11 is 0. The lowest BCUT2D eigenvalue weighted by atomic mass is 9.95. The second kappa shape index (κ2) is 13.1. The second-order valence-corrected chi connectivity index (χ2v) is 14.2. The Kier molecular flexibility index (Phi) is 7.48. The minimum absolute atomic E-state index is 0.526. The van der Waals surface area contributed by atoms with Gasteiger partial charge in [0, 0.05) is 43.9 Å². The van der Waals surface area contributed by atoms with Gasteiger partial charge in [0.2, 0.25) is 0 Å². The Hall–Kier alpha value is -7.94. The third-order valence-corrected chi connectivity index (χ3v) is 11.0. The van der Waals surface area contributed by atoms with Crippen LogP contribution in [0.1, 0.15) is 0 Å². The topological polar surface area (TPSA) is 48.0 Å². The van der Waals surface area contributed by atoms with Gasteiger partial charge in [0.15, 0.2) is 5.69 Å². The molecule has 0 radical (unpaired) electrons. The normalized spacial score (nSPS) is 11.5. The predicted octanol–water partition coefficient (Wildman–Crippen LogP) is 13.6. The van der Waals surface area contributed by atoms with Gasteiger partial charge >= 0.3 is 0 Å². The van der Waals surface area contributed by atoms with E-state index >= 15 is 0 Å². The number of hydrogen-bond acceptors (Lipinski definition) is 3. The minimum Gasteiger partial charge on any atom is -0.309 e. The average molecular weight is 726 g/mol. The number of nitrogens with zero attached hydrogens (tertiary/aromatic N) is 5. The lowest BCUT2D eigenvalue weighted by Crippen LogP contribution is -1.98. The van der Waals surface area contributed by atoms with E-state index in [1.54, 1.807) is 0 Å². The fourth-order valence-electron chi connectivity index (χ4n) is 8.36. The van der Waals surface area contributed by atoms with Gasteiger partial charge in [-0.2, -0.15) is 0 Å². The number of rotatable bonds is 5. The van der Waals surface area contributed by atoms with Crippen LogP contribution in [-0.4, -0.2) is 19.5 Å². The molecule has 0 saturated heterocycles. The van der Waals surface area contributed by atoms with Crippen LogP contribution in [0, 0.1) is 6.57 Å². The SMILES string of the molecule is [C-]#[N+]c1cc2nc(-c3ccccc3)c(-c3ccccc3)nc2c2c(-c3ccc(-c4ccc(-n5c6ccccc6c6ccccc65)cc4)cc3)nc3ccccc3c12. The van der Waals surface area contributed by atoms with Crippen LogP contribution in [-0.2, 0) is 0 Å². The van der Waals surface area contributed by atoms with Crippen molar-refractivity contribution in [3.63, 3.8) is 0 Å². The lowest BCUT2D eigenvalue weighted by molar-refractivity contribution is 1.18. The Labute approximate surface area is 328 Å². The summed E-state index contributed by atoms with van der Waals surface area (Å²) in [5.41, 5.74) is 13.6. The summed E-state index contributed by atoms with van der Waals surface area (Å²) in [7, 11) is 0. The summed E-state index contributed by atoms with van der Waals surface area (Å²) in [5.74, 6) is 0. The molecule has 57 heavy (non-hydrogen) atoms.